The van der Waals surface area contributed by atoms with Crippen molar-refractivity contribution in [2.24, 2.45) is 0 Å². The van der Waals surface area contributed by atoms with Crippen LogP contribution in [0.5, 0.6) is 0 Å². The van der Waals surface area contributed by atoms with Gasteiger partial charge in [-0.15, -0.1) is 0 Å². The minimum Gasteiger partial charge on any atom is -0.393 e. The van der Waals surface area contributed by atoms with Crippen molar-refractivity contribution in [1.29, 1.82) is 0 Å². The first-order chi connectivity index (χ1) is 10.5. The van der Waals surface area contributed by atoms with Crippen molar-refractivity contribution in [3.05, 3.63) is 35.9 Å². The summed E-state index contributed by atoms with van der Waals surface area (Å²) in [5.74, 6) is -0.777. The number of fused-ring (bicyclic) bond motifs is 1. The lowest BCUT2D eigenvalue weighted by Gasteiger charge is -2.33. The summed E-state index contributed by atoms with van der Waals surface area (Å²) < 4.78 is 23.2. The van der Waals surface area contributed by atoms with Crippen molar-refractivity contribution in [2.75, 3.05) is 13.2 Å². The molecule has 0 saturated carbocycles. The summed E-state index contributed by atoms with van der Waals surface area (Å²) in [4.78, 5) is 0. The van der Waals surface area contributed by atoms with Gasteiger partial charge in [-0.25, -0.2) is 0 Å². The Morgan fingerprint density at radius 3 is 2.36 bits per heavy atom. The van der Waals surface area contributed by atoms with Gasteiger partial charge >= 0.3 is 0 Å². The molecule has 0 amide bonds. The summed E-state index contributed by atoms with van der Waals surface area (Å²) in [5, 5.41) is 19.4. The summed E-state index contributed by atoms with van der Waals surface area (Å²) in [7, 11) is 0. The first kappa shape index (κ1) is 15.9. The van der Waals surface area contributed by atoms with Gasteiger partial charge in [-0.3, -0.25) is 0 Å². The molecule has 2 aliphatic heterocycles. The van der Waals surface area contributed by atoms with E-state index in [2.05, 4.69) is 0 Å². The first-order valence-corrected chi connectivity index (χ1v) is 7.40. The maximum Gasteiger partial charge on any atom is 0.190 e. The lowest BCUT2D eigenvalue weighted by atomic mass is 9.97. The molecule has 2 fully saturated rings. The Hall–Kier alpha value is -1.02. The molecular weight excluding hydrogens is 288 g/mol. The second kappa shape index (κ2) is 5.88. The zero-order valence-electron chi connectivity index (χ0n) is 12.8. The molecule has 0 radical (unpaired) electrons. The van der Waals surface area contributed by atoms with Crippen LogP contribution in [-0.4, -0.2) is 53.3 Å². The van der Waals surface area contributed by atoms with Gasteiger partial charge in [0.15, 0.2) is 12.1 Å². The molecule has 0 aromatic heterocycles. The van der Waals surface area contributed by atoms with E-state index in [0.29, 0.717) is 6.61 Å². The molecule has 1 unspecified atom stereocenters. The minimum absolute atomic E-state index is 0.337. The standard InChI is InChI=1S/C16H22O6/c1-15(2)20-12-13(19-8-11-6-4-3-5-7-11)16(9-17,10-18)22-14(12)21-15/h3-7,12-14,17-18H,8-10H2,1-2H3/t12-,13+,14?/m1/s1. The third kappa shape index (κ3) is 2.78. The van der Waals surface area contributed by atoms with Gasteiger partial charge in [0.2, 0.25) is 0 Å². The Morgan fingerprint density at radius 1 is 1.05 bits per heavy atom. The van der Waals surface area contributed by atoms with Crippen LogP contribution in [0.15, 0.2) is 30.3 Å². The Morgan fingerprint density at radius 2 is 1.73 bits per heavy atom. The van der Waals surface area contributed by atoms with Crippen molar-refractivity contribution in [1.82, 2.24) is 0 Å². The fraction of sp³-hybridized carbons (Fsp3) is 0.625. The van der Waals surface area contributed by atoms with Crippen LogP contribution in [0, 0.1) is 0 Å². The molecule has 22 heavy (non-hydrogen) atoms. The molecule has 122 valence electrons. The lowest BCUT2D eigenvalue weighted by molar-refractivity contribution is -0.258. The molecule has 3 atom stereocenters. The number of aliphatic hydroxyl groups excluding tert-OH is 2. The van der Waals surface area contributed by atoms with Gasteiger partial charge < -0.3 is 29.2 Å². The highest BCUT2D eigenvalue weighted by Crippen LogP contribution is 2.43. The van der Waals surface area contributed by atoms with E-state index >= 15 is 0 Å². The molecule has 3 rings (SSSR count). The van der Waals surface area contributed by atoms with Crippen LogP contribution in [0.4, 0.5) is 0 Å². The predicted octanol–water partition coefficient (Wildman–Crippen LogP) is 0.803. The maximum atomic E-state index is 9.69. The normalized spacial score (nSPS) is 32.1. The van der Waals surface area contributed by atoms with Crippen LogP contribution in [-0.2, 0) is 25.6 Å². The monoisotopic (exact) mass is 310 g/mol. The Kier molecular flexibility index (Phi) is 4.24. The number of benzene rings is 1. The van der Waals surface area contributed by atoms with Crippen molar-refractivity contribution >= 4 is 0 Å². The van der Waals surface area contributed by atoms with Crippen molar-refractivity contribution in [3.63, 3.8) is 0 Å². The SMILES string of the molecule is CC1(C)OC2OC(CO)(CO)[C@@H](OCc3ccccc3)[C@H]2O1. The van der Waals surface area contributed by atoms with Gasteiger partial charge in [-0.1, -0.05) is 30.3 Å². The fourth-order valence-electron chi connectivity index (χ4n) is 2.96. The van der Waals surface area contributed by atoms with E-state index in [4.69, 9.17) is 18.9 Å². The molecule has 1 aromatic rings. The van der Waals surface area contributed by atoms with E-state index < -0.39 is 29.9 Å². The Bertz CT molecular complexity index is 499. The van der Waals surface area contributed by atoms with Crippen LogP contribution in [0.2, 0.25) is 0 Å². The quantitative estimate of drug-likeness (QED) is 0.838. The molecule has 0 spiro atoms. The van der Waals surface area contributed by atoms with Crippen LogP contribution < -0.4 is 0 Å². The molecule has 6 heteroatoms. The molecule has 1 aromatic carbocycles. The summed E-state index contributed by atoms with van der Waals surface area (Å²) in [6, 6.07) is 9.68. The van der Waals surface area contributed by atoms with Gasteiger partial charge in [0, 0.05) is 0 Å². The molecule has 2 saturated heterocycles. The lowest BCUT2D eigenvalue weighted by Crippen LogP contribution is -2.52. The molecular formula is C16H22O6. The fourth-order valence-corrected chi connectivity index (χ4v) is 2.96. The summed E-state index contributed by atoms with van der Waals surface area (Å²) in [5.41, 5.74) is -0.227. The Balaban J connectivity index is 1.77. The zero-order chi connectivity index (χ0) is 15.8. The molecule has 2 aliphatic rings. The van der Waals surface area contributed by atoms with Gasteiger partial charge in [-0.2, -0.15) is 0 Å². The summed E-state index contributed by atoms with van der Waals surface area (Å²) in [6.45, 7) is 3.18. The second-order valence-corrected chi connectivity index (χ2v) is 6.18. The van der Waals surface area contributed by atoms with Gasteiger partial charge in [-0.05, 0) is 19.4 Å². The average molecular weight is 310 g/mol. The number of aliphatic hydroxyl groups is 2. The number of ether oxygens (including phenoxy) is 4. The highest BCUT2D eigenvalue weighted by Gasteiger charge is 2.62. The summed E-state index contributed by atoms with van der Waals surface area (Å²) >= 11 is 0. The zero-order valence-corrected chi connectivity index (χ0v) is 12.8. The highest BCUT2D eigenvalue weighted by atomic mass is 16.8. The van der Waals surface area contributed by atoms with E-state index in [9.17, 15) is 10.2 Å². The van der Waals surface area contributed by atoms with Crippen molar-refractivity contribution in [3.8, 4) is 0 Å². The summed E-state index contributed by atoms with van der Waals surface area (Å²) in [6.07, 6.45) is -1.76. The van der Waals surface area contributed by atoms with E-state index in [1.54, 1.807) is 13.8 Å². The van der Waals surface area contributed by atoms with E-state index in [1.807, 2.05) is 30.3 Å². The topological polar surface area (TPSA) is 77.4 Å². The van der Waals surface area contributed by atoms with Crippen molar-refractivity contribution < 1.29 is 29.2 Å². The number of hydrogen-bond acceptors (Lipinski definition) is 6. The smallest absolute Gasteiger partial charge is 0.190 e. The molecule has 2 N–H and O–H groups in total. The molecule has 0 aliphatic carbocycles. The van der Waals surface area contributed by atoms with E-state index in [-0.39, 0.29) is 13.2 Å². The van der Waals surface area contributed by atoms with Crippen LogP contribution in [0.3, 0.4) is 0 Å². The predicted molar refractivity (Wildman–Crippen MR) is 76.8 cm³/mol. The minimum atomic E-state index is -1.22. The van der Waals surface area contributed by atoms with Crippen LogP contribution >= 0.6 is 0 Å². The van der Waals surface area contributed by atoms with Gasteiger partial charge in [0.1, 0.15) is 17.8 Å². The average Bonchev–Trinajstić information content (AvgIpc) is 2.95. The van der Waals surface area contributed by atoms with Gasteiger partial charge in [0.25, 0.3) is 0 Å². The third-order valence-corrected chi connectivity index (χ3v) is 4.06. The van der Waals surface area contributed by atoms with Crippen LogP contribution in [0.25, 0.3) is 0 Å². The largest absolute Gasteiger partial charge is 0.393 e. The number of rotatable bonds is 5. The molecule has 6 nitrogen and oxygen atoms in total. The van der Waals surface area contributed by atoms with Gasteiger partial charge in [0.05, 0.1) is 19.8 Å². The third-order valence-electron chi connectivity index (χ3n) is 4.06. The maximum absolute atomic E-state index is 9.69. The molecule has 0 bridgehead atoms. The first-order valence-electron chi connectivity index (χ1n) is 7.40. The van der Waals surface area contributed by atoms with Crippen LogP contribution in [0.1, 0.15) is 19.4 Å². The second-order valence-electron chi connectivity index (χ2n) is 6.18. The van der Waals surface area contributed by atoms with E-state index in [0.717, 1.165) is 5.56 Å². The Labute approximate surface area is 129 Å². The van der Waals surface area contributed by atoms with Crippen molar-refractivity contribution in [2.45, 2.75) is 50.3 Å². The number of hydrogen-bond donors (Lipinski definition) is 2. The van der Waals surface area contributed by atoms with E-state index in [1.165, 1.54) is 0 Å². The highest BCUT2D eigenvalue weighted by molar-refractivity contribution is 5.14. The molecule has 2 heterocycles.